The van der Waals surface area contributed by atoms with E-state index in [1.54, 1.807) is 0 Å². The minimum absolute atomic E-state index is 0.117. The van der Waals surface area contributed by atoms with Crippen molar-refractivity contribution in [1.82, 2.24) is 0 Å². The van der Waals surface area contributed by atoms with Crippen LogP contribution in [0.15, 0.2) is 11.6 Å². The topological polar surface area (TPSA) is 40.5 Å². The van der Waals surface area contributed by atoms with Gasteiger partial charge in [0, 0.05) is 0 Å². The smallest absolute Gasteiger partial charge is 0.0802 e. The molecule has 4 aliphatic carbocycles. The lowest BCUT2D eigenvalue weighted by Gasteiger charge is -2.59. The van der Waals surface area contributed by atoms with E-state index in [4.69, 9.17) is 0 Å². The Morgan fingerprint density at radius 2 is 1.57 bits per heavy atom. The van der Waals surface area contributed by atoms with Crippen LogP contribution in [0.3, 0.4) is 0 Å². The highest BCUT2D eigenvalue weighted by Crippen LogP contribution is 2.67. The van der Waals surface area contributed by atoms with Crippen LogP contribution < -0.4 is 0 Å². The molecule has 0 aromatic heterocycles. The molecule has 7 atom stereocenters. The van der Waals surface area contributed by atoms with Gasteiger partial charge in [0.25, 0.3) is 0 Å². The normalized spacial score (nSPS) is 58.9. The van der Waals surface area contributed by atoms with Gasteiger partial charge in [-0.2, -0.15) is 0 Å². The van der Waals surface area contributed by atoms with Crippen molar-refractivity contribution in [3.05, 3.63) is 11.6 Å². The zero-order valence-electron chi connectivity index (χ0n) is 15.4. The number of allylic oxidation sites excluding steroid dienone is 1. The Labute approximate surface area is 141 Å². The molecule has 4 aliphatic rings. The van der Waals surface area contributed by atoms with E-state index in [9.17, 15) is 10.2 Å². The van der Waals surface area contributed by atoms with Gasteiger partial charge in [0.05, 0.1) is 11.2 Å². The zero-order chi connectivity index (χ0) is 16.7. The maximum atomic E-state index is 11.0. The van der Waals surface area contributed by atoms with Gasteiger partial charge in [-0.05, 0) is 93.8 Å². The van der Waals surface area contributed by atoms with Gasteiger partial charge < -0.3 is 10.2 Å². The van der Waals surface area contributed by atoms with Crippen LogP contribution >= 0.6 is 0 Å². The highest BCUT2D eigenvalue weighted by atomic mass is 16.3. The number of fused-ring (bicyclic) bond motifs is 5. The molecule has 23 heavy (non-hydrogen) atoms. The molecule has 0 heterocycles. The van der Waals surface area contributed by atoms with Crippen LogP contribution in [0.5, 0.6) is 0 Å². The predicted octanol–water partition coefficient (Wildman–Crippen LogP) is 4.45. The molecule has 4 rings (SSSR count). The standard InChI is InChI=1S/C21H34O2/c1-18(22)11-12-19(2)14(13-18)5-6-15-16(19)7-9-20(3)17(15)8-10-21(20,4)23/h13,15-17,22-23H,5-12H2,1-4H3/t15-,16+,17+,18?,19+,20+,21?/m1/s1. The molecule has 0 spiro atoms. The fourth-order valence-corrected chi connectivity index (χ4v) is 7.11. The molecule has 3 saturated carbocycles. The van der Waals surface area contributed by atoms with Crippen LogP contribution in [-0.4, -0.2) is 21.4 Å². The summed E-state index contributed by atoms with van der Waals surface area (Å²) in [6.45, 7) is 8.89. The summed E-state index contributed by atoms with van der Waals surface area (Å²) in [4.78, 5) is 0. The van der Waals surface area contributed by atoms with Crippen LogP contribution in [0.25, 0.3) is 0 Å². The first-order chi connectivity index (χ1) is 10.6. The summed E-state index contributed by atoms with van der Waals surface area (Å²) in [7, 11) is 0. The van der Waals surface area contributed by atoms with Gasteiger partial charge in [-0.15, -0.1) is 0 Å². The SMILES string of the molecule is CC1(O)C=C2CC[C@@H]3[C@H](CC[C@@]4(C)[C@H]3CCC4(C)O)[C@@]2(C)CC1. The Kier molecular flexibility index (Phi) is 3.25. The van der Waals surface area contributed by atoms with Crippen LogP contribution in [0.4, 0.5) is 0 Å². The van der Waals surface area contributed by atoms with Crippen LogP contribution in [-0.2, 0) is 0 Å². The predicted molar refractivity (Wildman–Crippen MR) is 93.0 cm³/mol. The zero-order valence-corrected chi connectivity index (χ0v) is 15.4. The first kappa shape index (κ1) is 16.1. The number of rotatable bonds is 0. The van der Waals surface area contributed by atoms with E-state index in [0.717, 1.165) is 37.5 Å². The lowest BCUT2D eigenvalue weighted by atomic mass is 9.46. The Bertz CT molecular complexity index is 546. The molecule has 0 bridgehead atoms. The van der Waals surface area contributed by atoms with Crippen LogP contribution in [0.2, 0.25) is 0 Å². The molecule has 130 valence electrons. The summed E-state index contributed by atoms with van der Waals surface area (Å²) in [6.07, 6.45) is 11.3. The van der Waals surface area contributed by atoms with Crippen molar-refractivity contribution in [1.29, 1.82) is 0 Å². The number of aliphatic hydroxyl groups is 2. The molecule has 2 heteroatoms. The first-order valence-corrected chi connectivity index (χ1v) is 9.76. The molecule has 0 aliphatic heterocycles. The molecular formula is C21H34O2. The van der Waals surface area contributed by atoms with E-state index in [2.05, 4.69) is 26.8 Å². The quantitative estimate of drug-likeness (QED) is 0.648. The average molecular weight is 319 g/mol. The van der Waals surface area contributed by atoms with E-state index >= 15 is 0 Å². The van der Waals surface area contributed by atoms with Gasteiger partial charge >= 0.3 is 0 Å². The fourth-order valence-electron chi connectivity index (χ4n) is 7.11. The minimum Gasteiger partial charge on any atom is -0.390 e. The van der Waals surface area contributed by atoms with Gasteiger partial charge in [-0.3, -0.25) is 0 Å². The molecular weight excluding hydrogens is 284 g/mol. The summed E-state index contributed by atoms with van der Waals surface area (Å²) >= 11 is 0. The number of hydrogen-bond acceptors (Lipinski definition) is 2. The molecule has 0 saturated heterocycles. The van der Waals surface area contributed by atoms with Crippen LogP contribution in [0, 0.1) is 28.6 Å². The third kappa shape index (κ3) is 2.07. The lowest BCUT2D eigenvalue weighted by Crippen LogP contribution is -2.54. The number of hydrogen-bond donors (Lipinski definition) is 2. The summed E-state index contributed by atoms with van der Waals surface area (Å²) in [6, 6.07) is 0. The van der Waals surface area contributed by atoms with Crippen molar-refractivity contribution in [2.24, 2.45) is 28.6 Å². The largest absolute Gasteiger partial charge is 0.390 e. The summed E-state index contributed by atoms with van der Waals surface area (Å²) in [5.41, 5.74) is 0.869. The van der Waals surface area contributed by atoms with Crippen molar-refractivity contribution in [2.75, 3.05) is 0 Å². The molecule has 2 nitrogen and oxygen atoms in total. The maximum Gasteiger partial charge on any atom is 0.0802 e. The molecule has 0 aromatic rings. The van der Waals surface area contributed by atoms with E-state index in [-0.39, 0.29) is 5.41 Å². The fraction of sp³-hybridized carbons (Fsp3) is 0.905. The Morgan fingerprint density at radius 3 is 2.30 bits per heavy atom. The lowest BCUT2D eigenvalue weighted by molar-refractivity contribution is -0.120. The molecule has 0 amide bonds. The third-order valence-corrected chi connectivity index (χ3v) is 8.93. The van der Waals surface area contributed by atoms with Crippen LogP contribution in [0.1, 0.15) is 79.1 Å². The summed E-state index contributed by atoms with van der Waals surface area (Å²) in [5.74, 6) is 2.22. The molecule has 0 aromatic carbocycles. The van der Waals surface area contributed by atoms with Crippen molar-refractivity contribution in [2.45, 2.75) is 90.3 Å². The third-order valence-electron chi connectivity index (χ3n) is 8.93. The van der Waals surface area contributed by atoms with Crippen molar-refractivity contribution >= 4 is 0 Å². The average Bonchev–Trinajstić information content (AvgIpc) is 2.70. The highest BCUT2D eigenvalue weighted by molar-refractivity contribution is 5.28. The monoisotopic (exact) mass is 318 g/mol. The molecule has 2 unspecified atom stereocenters. The second-order valence-electron chi connectivity index (χ2n) is 10.1. The Morgan fingerprint density at radius 1 is 0.870 bits per heavy atom. The van der Waals surface area contributed by atoms with Gasteiger partial charge in [-0.25, -0.2) is 0 Å². The van der Waals surface area contributed by atoms with E-state index in [1.807, 2.05) is 6.92 Å². The Hall–Kier alpha value is -0.340. The molecule has 3 fully saturated rings. The van der Waals surface area contributed by atoms with Gasteiger partial charge in [0.2, 0.25) is 0 Å². The van der Waals surface area contributed by atoms with Crippen molar-refractivity contribution < 1.29 is 10.2 Å². The summed E-state index contributed by atoms with van der Waals surface area (Å²) < 4.78 is 0. The van der Waals surface area contributed by atoms with E-state index in [0.29, 0.717) is 11.3 Å². The Balaban J connectivity index is 1.68. The highest BCUT2D eigenvalue weighted by Gasteiger charge is 2.62. The van der Waals surface area contributed by atoms with Gasteiger partial charge in [0.1, 0.15) is 0 Å². The van der Waals surface area contributed by atoms with Crippen molar-refractivity contribution in [3.63, 3.8) is 0 Å². The van der Waals surface area contributed by atoms with Gasteiger partial charge in [-0.1, -0.05) is 25.5 Å². The first-order valence-electron chi connectivity index (χ1n) is 9.76. The summed E-state index contributed by atoms with van der Waals surface area (Å²) in [5, 5.41) is 21.4. The van der Waals surface area contributed by atoms with Crippen molar-refractivity contribution in [3.8, 4) is 0 Å². The van der Waals surface area contributed by atoms with Gasteiger partial charge in [0.15, 0.2) is 0 Å². The maximum absolute atomic E-state index is 11.0. The molecule has 0 radical (unpaired) electrons. The van der Waals surface area contributed by atoms with E-state index < -0.39 is 11.2 Å². The second-order valence-corrected chi connectivity index (χ2v) is 10.1. The molecule has 2 N–H and O–H groups in total. The van der Waals surface area contributed by atoms with E-state index in [1.165, 1.54) is 31.3 Å². The minimum atomic E-state index is -0.595. The second kappa shape index (κ2) is 4.64.